The lowest BCUT2D eigenvalue weighted by Gasteiger charge is -2.17. The third kappa shape index (κ3) is 2.91. The van der Waals surface area contributed by atoms with Crippen molar-refractivity contribution in [2.45, 2.75) is 0 Å². The molecule has 29 heavy (non-hydrogen) atoms. The Morgan fingerprint density at radius 3 is 2.52 bits per heavy atom. The molecule has 2 amide bonds. The van der Waals surface area contributed by atoms with Crippen molar-refractivity contribution >= 4 is 22.6 Å². The van der Waals surface area contributed by atoms with E-state index in [0.29, 0.717) is 6.54 Å². The van der Waals surface area contributed by atoms with Crippen molar-refractivity contribution in [3.63, 3.8) is 0 Å². The molecule has 1 aliphatic rings. The van der Waals surface area contributed by atoms with Crippen molar-refractivity contribution in [2.75, 3.05) is 25.0 Å². The molecule has 0 bridgehead atoms. The average Bonchev–Trinajstić information content (AvgIpc) is 3.33. The smallest absolute Gasteiger partial charge is 0.324 e. The van der Waals surface area contributed by atoms with E-state index in [-0.39, 0.29) is 6.03 Å². The topological polar surface area (TPSA) is 67.2 Å². The van der Waals surface area contributed by atoms with E-state index < -0.39 is 0 Å². The van der Waals surface area contributed by atoms with E-state index in [4.69, 9.17) is 4.98 Å². The highest BCUT2D eigenvalue weighted by molar-refractivity contribution is 6.00. The Labute approximate surface area is 168 Å². The minimum absolute atomic E-state index is 0.0112. The van der Waals surface area contributed by atoms with Gasteiger partial charge in [0, 0.05) is 56.2 Å². The number of rotatable bonds is 3. The largest absolute Gasteiger partial charge is 0.326 e. The summed E-state index contributed by atoms with van der Waals surface area (Å²) in [5, 5.41) is 5.28. The molecule has 144 valence electrons. The highest BCUT2D eigenvalue weighted by Crippen LogP contribution is 2.33. The van der Waals surface area contributed by atoms with Gasteiger partial charge in [0.2, 0.25) is 0 Å². The van der Waals surface area contributed by atoms with E-state index in [1.165, 1.54) is 0 Å². The first-order valence-electron chi connectivity index (χ1n) is 9.49. The van der Waals surface area contributed by atoms with Crippen molar-refractivity contribution in [3.05, 3.63) is 60.9 Å². The van der Waals surface area contributed by atoms with Crippen LogP contribution in [0.1, 0.15) is 0 Å². The van der Waals surface area contributed by atoms with Gasteiger partial charge in [0.1, 0.15) is 0 Å². The van der Waals surface area contributed by atoms with Crippen LogP contribution in [0, 0.1) is 0 Å². The molecule has 0 spiro atoms. The van der Waals surface area contributed by atoms with Gasteiger partial charge in [-0.3, -0.25) is 14.6 Å². The number of benzene rings is 1. The number of amides is 2. The number of hydrogen-bond acceptors (Lipinski definition) is 4. The number of anilines is 1. The number of urea groups is 1. The third-order valence-corrected chi connectivity index (χ3v) is 5.35. The molecule has 1 fully saturated rings. The van der Waals surface area contributed by atoms with E-state index in [1.807, 2.05) is 56.6 Å². The number of likely N-dealkylation sites (N-methyl/N-ethyl adjacent to an activating group) is 1. The minimum Gasteiger partial charge on any atom is -0.326 e. The maximum absolute atomic E-state index is 12.4. The monoisotopic (exact) mass is 384 g/mol. The van der Waals surface area contributed by atoms with Gasteiger partial charge in [0.25, 0.3) is 0 Å². The van der Waals surface area contributed by atoms with Crippen LogP contribution in [0.5, 0.6) is 0 Å². The molecule has 5 rings (SSSR count). The molecule has 0 N–H and O–H groups in total. The number of carbonyl (C=O) groups is 1. The Balaban J connectivity index is 1.73. The fourth-order valence-corrected chi connectivity index (χ4v) is 3.76. The summed E-state index contributed by atoms with van der Waals surface area (Å²) in [6.45, 7) is 1.40. The van der Waals surface area contributed by atoms with E-state index in [2.05, 4.69) is 16.1 Å². The molecule has 0 atom stereocenters. The predicted molar refractivity (Wildman–Crippen MR) is 113 cm³/mol. The highest BCUT2D eigenvalue weighted by Gasteiger charge is 2.27. The van der Waals surface area contributed by atoms with Gasteiger partial charge < -0.3 is 4.90 Å². The van der Waals surface area contributed by atoms with Crippen molar-refractivity contribution in [1.82, 2.24) is 24.6 Å². The quantitative estimate of drug-likeness (QED) is 0.542. The molecule has 0 saturated carbocycles. The summed E-state index contributed by atoms with van der Waals surface area (Å²) in [7, 11) is 3.72. The molecular formula is C22H20N6O. The van der Waals surface area contributed by atoms with Crippen LogP contribution < -0.4 is 4.90 Å². The van der Waals surface area contributed by atoms with Gasteiger partial charge >= 0.3 is 6.03 Å². The number of carbonyl (C=O) groups excluding carboxylic acids is 1. The molecule has 4 aromatic rings. The number of fused-ring (bicyclic) bond motifs is 1. The number of aromatic nitrogens is 4. The summed E-state index contributed by atoms with van der Waals surface area (Å²) in [5.41, 5.74) is 5.31. The van der Waals surface area contributed by atoms with Crippen molar-refractivity contribution in [1.29, 1.82) is 0 Å². The fourth-order valence-electron chi connectivity index (χ4n) is 3.76. The van der Waals surface area contributed by atoms with Gasteiger partial charge in [-0.2, -0.15) is 5.10 Å². The second-order valence-corrected chi connectivity index (χ2v) is 7.17. The van der Waals surface area contributed by atoms with Gasteiger partial charge in [-0.25, -0.2) is 9.78 Å². The van der Waals surface area contributed by atoms with Crippen LogP contribution >= 0.6 is 0 Å². The van der Waals surface area contributed by atoms with Crippen LogP contribution in [0.2, 0.25) is 0 Å². The molecular weight excluding hydrogens is 364 g/mol. The lowest BCUT2D eigenvalue weighted by molar-refractivity contribution is 0.229. The summed E-state index contributed by atoms with van der Waals surface area (Å²) in [4.78, 5) is 25.4. The zero-order valence-corrected chi connectivity index (χ0v) is 16.3. The Hall–Kier alpha value is -3.74. The van der Waals surface area contributed by atoms with Gasteiger partial charge in [0.05, 0.1) is 22.6 Å². The Kier molecular flexibility index (Phi) is 4.01. The molecule has 7 nitrogen and oxygen atoms in total. The van der Waals surface area contributed by atoms with E-state index in [1.54, 1.807) is 26.9 Å². The van der Waals surface area contributed by atoms with Crippen LogP contribution in [-0.2, 0) is 7.05 Å². The molecule has 1 saturated heterocycles. The van der Waals surface area contributed by atoms with Crippen LogP contribution in [0.15, 0.2) is 60.9 Å². The lowest BCUT2D eigenvalue weighted by Crippen LogP contribution is -2.29. The molecule has 3 aromatic heterocycles. The number of aryl methyl sites for hydroxylation is 1. The lowest BCUT2D eigenvalue weighted by atomic mass is 10.0. The number of nitrogens with zero attached hydrogens (tertiary/aromatic N) is 6. The number of hydrogen-bond donors (Lipinski definition) is 0. The summed E-state index contributed by atoms with van der Waals surface area (Å²) in [6, 6.07) is 15.9. The average molecular weight is 384 g/mol. The van der Waals surface area contributed by atoms with Gasteiger partial charge in [-0.15, -0.1) is 0 Å². The van der Waals surface area contributed by atoms with Crippen LogP contribution in [0.4, 0.5) is 10.5 Å². The molecule has 7 heteroatoms. The Morgan fingerprint density at radius 2 is 1.83 bits per heavy atom. The van der Waals surface area contributed by atoms with Crippen LogP contribution in [0.25, 0.3) is 33.5 Å². The maximum atomic E-state index is 12.4. The Bertz CT molecular complexity index is 1220. The van der Waals surface area contributed by atoms with Crippen molar-refractivity contribution in [3.8, 4) is 22.6 Å². The zero-order chi connectivity index (χ0) is 20.0. The molecule has 1 aliphatic heterocycles. The van der Waals surface area contributed by atoms with Crippen molar-refractivity contribution in [2.24, 2.45) is 7.05 Å². The standard InChI is InChI=1S/C22H20N6O/c1-26-11-12-28(22(26)29)15-6-7-16-17(18-5-3-4-9-23-18)14-20(25-19(16)13-15)21-8-10-24-27(21)2/h3-10,13-14H,11-12H2,1-2H3. The summed E-state index contributed by atoms with van der Waals surface area (Å²) < 4.78 is 1.80. The molecule has 1 aromatic carbocycles. The van der Waals surface area contributed by atoms with E-state index >= 15 is 0 Å². The SMILES string of the molecule is CN1CCN(c2ccc3c(-c4ccccn4)cc(-c4ccnn4C)nc3c2)C1=O. The molecule has 0 aliphatic carbocycles. The summed E-state index contributed by atoms with van der Waals surface area (Å²) in [6.07, 6.45) is 3.55. The first-order chi connectivity index (χ1) is 14.1. The van der Waals surface area contributed by atoms with Gasteiger partial charge in [-0.1, -0.05) is 12.1 Å². The molecule has 4 heterocycles. The normalized spacial score (nSPS) is 14.2. The highest BCUT2D eigenvalue weighted by atomic mass is 16.2. The molecule has 0 radical (unpaired) electrons. The first kappa shape index (κ1) is 17.4. The number of pyridine rings is 2. The Morgan fingerprint density at radius 1 is 0.931 bits per heavy atom. The second kappa shape index (κ2) is 6.70. The minimum atomic E-state index is 0.0112. The van der Waals surface area contributed by atoms with Gasteiger partial charge in [-0.05, 0) is 36.4 Å². The van der Waals surface area contributed by atoms with Crippen LogP contribution in [0.3, 0.4) is 0 Å². The summed E-state index contributed by atoms with van der Waals surface area (Å²) >= 11 is 0. The van der Waals surface area contributed by atoms with Gasteiger partial charge in [0.15, 0.2) is 0 Å². The van der Waals surface area contributed by atoms with E-state index in [9.17, 15) is 4.79 Å². The van der Waals surface area contributed by atoms with Crippen molar-refractivity contribution < 1.29 is 4.79 Å². The van der Waals surface area contributed by atoms with Crippen LogP contribution in [-0.4, -0.2) is 50.8 Å². The summed E-state index contributed by atoms with van der Waals surface area (Å²) in [5.74, 6) is 0. The maximum Gasteiger partial charge on any atom is 0.324 e. The zero-order valence-electron chi connectivity index (χ0n) is 16.3. The molecule has 0 unspecified atom stereocenters. The fraction of sp³-hybridized carbons (Fsp3) is 0.182. The predicted octanol–water partition coefficient (Wildman–Crippen LogP) is 3.57. The van der Waals surface area contributed by atoms with E-state index in [0.717, 1.165) is 45.8 Å². The first-order valence-corrected chi connectivity index (χ1v) is 9.49. The third-order valence-electron chi connectivity index (χ3n) is 5.35. The second-order valence-electron chi connectivity index (χ2n) is 7.17.